The summed E-state index contributed by atoms with van der Waals surface area (Å²) < 4.78 is 7.47. The second kappa shape index (κ2) is 9.04. The standard InChI is InChI=1S/C22H26N6O2/c1-17-7-9-19(10-8-17)28-21(23-24-25-28)15-26-11-13-27(14-12-26)22(29)16-30-20-6-4-3-5-18(20)2/h3-10H,11-16H2,1-2H3. The third kappa shape index (κ3) is 4.65. The van der Waals surface area contributed by atoms with Gasteiger partial charge in [0.2, 0.25) is 0 Å². The highest BCUT2D eigenvalue weighted by Crippen LogP contribution is 2.16. The Morgan fingerprint density at radius 3 is 2.47 bits per heavy atom. The van der Waals surface area contributed by atoms with Gasteiger partial charge in [0.15, 0.2) is 12.4 Å². The van der Waals surface area contributed by atoms with E-state index in [1.807, 2.05) is 60.4 Å². The number of aromatic nitrogens is 4. The molecule has 0 saturated carbocycles. The predicted molar refractivity (Wildman–Crippen MR) is 112 cm³/mol. The number of carbonyl (C=O) groups excluding carboxylic acids is 1. The van der Waals surface area contributed by atoms with Crippen LogP contribution in [0.2, 0.25) is 0 Å². The van der Waals surface area contributed by atoms with Crippen molar-refractivity contribution in [2.24, 2.45) is 0 Å². The van der Waals surface area contributed by atoms with E-state index in [0.29, 0.717) is 19.6 Å². The van der Waals surface area contributed by atoms with E-state index in [2.05, 4.69) is 27.3 Å². The summed E-state index contributed by atoms with van der Waals surface area (Å²) >= 11 is 0. The van der Waals surface area contributed by atoms with Crippen molar-refractivity contribution in [2.75, 3.05) is 32.8 Å². The number of hydrogen-bond donors (Lipinski definition) is 0. The Morgan fingerprint density at radius 1 is 1.00 bits per heavy atom. The van der Waals surface area contributed by atoms with Crippen LogP contribution < -0.4 is 4.74 Å². The van der Waals surface area contributed by atoms with Crippen LogP contribution in [0.1, 0.15) is 17.0 Å². The van der Waals surface area contributed by atoms with Gasteiger partial charge in [0.25, 0.3) is 5.91 Å². The molecule has 0 atom stereocenters. The fourth-order valence-corrected chi connectivity index (χ4v) is 3.50. The summed E-state index contributed by atoms with van der Waals surface area (Å²) in [7, 11) is 0. The van der Waals surface area contributed by atoms with Gasteiger partial charge in [-0.3, -0.25) is 9.69 Å². The molecule has 2 heterocycles. The van der Waals surface area contributed by atoms with Gasteiger partial charge in [-0.05, 0) is 48.0 Å². The second-order valence-corrected chi connectivity index (χ2v) is 7.55. The van der Waals surface area contributed by atoms with Crippen LogP contribution in [0, 0.1) is 13.8 Å². The zero-order valence-electron chi connectivity index (χ0n) is 17.4. The van der Waals surface area contributed by atoms with Gasteiger partial charge in [-0.25, -0.2) is 0 Å². The zero-order chi connectivity index (χ0) is 20.9. The molecule has 0 bridgehead atoms. The number of nitrogens with zero attached hydrogens (tertiary/aromatic N) is 6. The number of rotatable bonds is 6. The first kappa shape index (κ1) is 20.0. The number of benzene rings is 2. The molecule has 1 fully saturated rings. The van der Waals surface area contributed by atoms with Crippen molar-refractivity contribution in [3.05, 3.63) is 65.5 Å². The Balaban J connectivity index is 1.29. The summed E-state index contributed by atoms with van der Waals surface area (Å²) in [6.07, 6.45) is 0. The molecule has 1 aliphatic heterocycles. The Labute approximate surface area is 176 Å². The molecule has 1 saturated heterocycles. The quantitative estimate of drug-likeness (QED) is 0.623. The highest BCUT2D eigenvalue weighted by molar-refractivity contribution is 5.78. The number of carbonyl (C=O) groups is 1. The molecule has 0 spiro atoms. The van der Waals surface area contributed by atoms with Crippen molar-refractivity contribution < 1.29 is 9.53 Å². The Bertz CT molecular complexity index is 993. The van der Waals surface area contributed by atoms with Crippen molar-refractivity contribution in [2.45, 2.75) is 20.4 Å². The summed E-state index contributed by atoms with van der Waals surface area (Å²) in [5.41, 5.74) is 3.17. The van der Waals surface area contributed by atoms with Gasteiger partial charge in [0, 0.05) is 26.2 Å². The maximum absolute atomic E-state index is 12.5. The second-order valence-electron chi connectivity index (χ2n) is 7.55. The average molecular weight is 406 g/mol. The minimum atomic E-state index is 0.0161. The predicted octanol–water partition coefficient (Wildman–Crippen LogP) is 2.00. The van der Waals surface area contributed by atoms with E-state index in [-0.39, 0.29) is 12.5 Å². The van der Waals surface area contributed by atoms with Crippen LogP contribution in [0.25, 0.3) is 5.69 Å². The summed E-state index contributed by atoms with van der Waals surface area (Å²) in [6.45, 7) is 7.62. The van der Waals surface area contributed by atoms with E-state index in [0.717, 1.165) is 35.9 Å². The van der Waals surface area contributed by atoms with Gasteiger partial charge in [-0.15, -0.1) is 5.10 Å². The molecule has 156 valence electrons. The molecule has 8 nitrogen and oxygen atoms in total. The van der Waals surface area contributed by atoms with Crippen LogP contribution in [0.5, 0.6) is 5.75 Å². The first-order chi connectivity index (χ1) is 14.6. The maximum Gasteiger partial charge on any atom is 0.260 e. The lowest BCUT2D eigenvalue weighted by Crippen LogP contribution is -2.49. The molecule has 8 heteroatoms. The summed E-state index contributed by atoms with van der Waals surface area (Å²) in [6, 6.07) is 15.9. The average Bonchev–Trinajstić information content (AvgIpc) is 3.22. The van der Waals surface area contributed by atoms with Crippen molar-refractivity contribution in [1.82, 2.24) is 30.0 Å². The number of ether oxygens (including phenoxy) is 1. The smallest absolute Gasteiger partial charge is 0.260 e. The Kier molecular flexibility index (Phi) is 6.04. The van der Waals surface area contributed by atoms with Crippen molar-refractivity contribution in [3.63, 3.8) is 0 Å². The lowest BCUT2D eigenvalue weighted by Gasteiger charge is -2.34. The normalized spacial score (nSPS) is 14.7. The minimum absolute atomic E-state index is 0.0161. The number of tetrazole rings is 1. The molecule has 0 unspecified atom stereocenters. The van der Waals surface area contributed by atoms with E-state index < -0.39 is 0 Å². The molecule has 1 aromatic heterocycles. The van der Waals surface area contributed by atoms with Gasteiger partial charge in [0.1, 0.15) is 5.75 Å². The summed E-state index contributed by atoms with van der Waals surface area (Å²) in [5.74, 6) is 1.57. The van der Waals surface area contributed by atoms with E-state index in [4.69, 9.17) is 4.74 Å². The molecule has 0 aliphatic carbocycles. The topological polar surface area (TPSA) is 76.4 Å². The molecule has 1 aliphatic rings. The first-order valence-electron chi connectivity index (χ1n) is 10.1. The Hall–Kier alpha value is -3.26. The maximum atomic E-state index is 12.5. The van der Waals surface area contributed by atoms with Gasteiger partial charge < -0.3 is 9.64 Å². The van der Waals surface area contributed by atoms with Gasteiger partial charge >= 0.3 is 0 Å². The number of amides is 1. The lowest BCUT2D eigenvalue weighted by atomic mass is 10.2. The molecule has 0 radical (unpaired) electrons. The highest BCUT2D eigenvalue weighted by atomic mass is 16.5. The molecule has 3 aromatic rings. The number of piperazine rings is 1. The molecule has 4 rings (SSSR count). The minimum Gasteiger partial charge on any atom is -0.484 e. The van der Waals surface area contributed by atoms with E-state index in [1.165, 1.54) is 5.56 Å². The van der Waals surface area contributed by atoms with Crippen LogP contribution in [-0.4, -0.2) is 68.7 Å². The van der Waals surface area contributed by atoms with Crippen LogP contribution >= 0.6 is 0 Å². The van der Waals surface area contributed by atoms with E-state index >= 15 is 0 Å². The third-order valence-corrected chi connectivity index (χ3v) is 5.35. The Morgan fingerprint density at radius 2 is 1.73 bits per heavy atom. The van der Waals surface area contributed by atoms with Crippen molar-refractivity contribution >= 4 is 5.91 Å². The fraction of sp³-hybridized carbons (Fsp3) is 0.364. The van der Waals surface area contributed by atoms with Crippen molar-refractivity contribution in [1.29, 1.82) is 0 Å². The number of hydrogen-bond acceptors (Lipinski definition) is 6. The fourth-order valence-electron chi connectivity index (χ4n) is 3.50. The van der Waals surface area contributed by atoms with Crippen LogP contribution in [0.3, 0.4) is 0 Å². The number of aryl methyl sites for hydroxylation is 2. The highest BCUT2D eigenvalue weighted by Gasteiger charge is 2.23. The van der Waals surface area contributed by atoms with Gasteiger partial charge in [-0.2, -0.15) is 4.68 Å². The number of para-hydroxylation sites is 1. The lowest BCUT2D eigenvalue weighted by molar-refractivity contribution is -0.135. The first-order valence-corrected chi connectivity index (χ1v) is 10.1. The third-order valence-electron chi connectivity index (χ3n) is 5.35. The molecule has 0 N–H and O–H groups in total. The molecule has 30 heavy (non-hydrogen) atoms. The molecular weight excluding hydrogens is 380 g/mol. The van der Waals surface area contributed by atoms with E-state index in [1.54, 1.807) is 4.68 Å². The van der Waals surface area contributed by atoms with Crippen LogP contribution in [-0.2, 0) is 11.3 Å². The molecule has 1 amide bonds. The summed E-state index contributed by atoms with van der Waals surface area (Å²) in [4.78, 5) is 16.6. The van der Waals surface area contributed by atoms with Crippen LogP contribution in [0.15, 0.2) is 48.5 Å². The van der Waals surface area contributed by atoms with Gasteiger partial charge in [-0.1, -0.05) is 35.9 Å². The van der Waals surface area contributed by atoms with Crippen molar-refractivity contribution in [3.8, 4) is 11.4 Å². The monoisotopic (exact) mass is 406 g/mol. The zero-order valence-corrected chi connectivity index (χ0v) is 17.4. The van der Waals surface area contributed by atoms with Crippen LogP contribution in [0.4, 0.5) is 0 Å². The van der Waals surface area contributed by atoms with E-state index in [9.17, 15) is 4.79 Å². The summed E-state index contributed by atoms with van der Waals surface area (Å²) in [5, 5.41) is 12.2. The van der Waals surface area contributed by atoms with Gasteiger partial charge in [0.05, 0.1) is 12.2 Å². The SMILES string of the molecule is Cc1ccc(-n2nnnc2CN2CCN(C(=O)COc3ccccc3C)CC2)cc1. The molecular formula is C22H26N6O2. The largest absolute Gasteiger partial charge is 0.484 e. The molecule has 2 aromatic carbocycles.